The Hall–Kier alpha value is -0.430. The third kappa shape index (κ3) is 3.55. The van der Waals surface area contributed by atoms with Gasteiger partial charge in [0, 0.05) is 18.0 Å². The molecule has 6 heteroatoms. The number of nitrogens with one attached hydrogen (secondary N) is 1. The first-order chi connectivity index (χ1) is 7.47. The summed E-state index contributed by atoms with van der Waals surface area (Å²) in [6.07, 6.45) is 0.835. The number of rotatable bonds is 6. The first-order valence-electron chi connectivity index (χ1n) is 5.23. The van der Waals surface area contributed by atoms with Crippen molar-refractivity contribution >= 4 is 21.4 Å². The van der Waals surface area contributed by atoms with E-state index in [0.29, 0.717) is 22.2 Å². The Morgan fingerprint density at radius 2 is 2.19 bits per heavy atom. The minimum atomic E-state index is -3.37. The number of thiophene rings is 1. The van der Waals surface area contributed by atoms with Gasteiger partial charge in [0.15, 0.2) is 0 Å². The molecule has 0 radical (unpaired) electrons. The number of nitrogens with two attached hydrogens (primary N) is 1. The monoisotopic (exact) mass is 262 g/mol. The Bertz CT molecular complexity index is 424. The Labute approximate surface area is 101 Å². The van der Waals surface area contributed by atoms with Gasteiger partial charge >= 0.3 is 0 Å². The van der Waals surface area contributed by atoms with Crippen LogP contribution >= 0.6 is 11.3 Å². The molecule has 0 aliphatic carbocycles. The van der Waals surface area contributed by atoms with Crippen molar-refractivity contribution < 1.29 is 8.42 Å². The van der Waals surface area contributed by atoms with Crippen LogP contribution in [-0.4, -0.2) is 15.0 Å². The van der Waals surface area contributed by atoms with Crippen LogP contribution < -0.4 is 10.5 Å². The predicted octanol–water partition coefficient (Wildman–Crippen LogP) is 1.53. The molecule has 0 bridgehead atoms. The molecule has 0 saturated heterocycles. The summed E-state index contributed by atoms with van der Waals surface area (Å²) in [5.74, 6) is 0.485. The van der Waals surface area contributed by atoms with Gasteiger partial charge in [-0.2, -0.15) is 0 Å². The van der Waals surface area contributed by atoms with Gasteiger partial charge in [-0.25, -0.2) is 13.1 Å². The van der Waals surface area contributed by atoms with Crippen LogP contribution in [0.15, 0.2) is 16.3 Å². The summed E-state index contributed by atoms with van der Waals surface area (Å²) in [6.45, 7) is 4.85. The molecule has 0 spiro atoms. The van der Waals surface area contributed by atoms with Gasteiger partial charge in [-0.05, 0) is 23.8 Å². The maximum absolute atomic E-state index is 11.9. The molecule has 4 nitrogen and oxygen atoms in total. The SMILES string of the molecule is CC(C)CCNS(=O)(=O)c1ccsc1CN. The van der Waals surface area contributed by atoms with E-state index in [1.54, 1.807) is 11.4 Å². The number of hydrogen-bond donors (Lipinski definition) is 2. The second-order valence-electron chi connectivity index (χ2n) is 3.99. The van der Waals surface area contributed by atoms with Crippen molar-refractivity contribution in [3.63, 3.8) is 0 Å². The highest BCUT2D eigenvalue weighted by molar-refractivity contribution is 7.89. The van der Waals surface area contributed by atoms with Crippen molar-refractivity contribution in [2.45, 2.75) is 31.7 Å². The highest BCUT2D eigenvalue weighted by Crippen LogP contribution is 2.21. The van der Waals surface area contributed by atoms with Gasteiger partial charge in [0.05, 0.1) is 4.90 Å². The van der Waals surface area contributed by atoms with Crippen molar-refractivity contribution in [1.29, 1.82) is 0 Å². The Morgan fingerprint density at radius 1 is 1.50 bits per heavy atom. The van der Waals surface area contributed by atoms with E-state index in [1.807, 2.05) is 0 Å². The van der Waals surface area contributed by atoms with E-state index in [0.717, 1.165) is 6.42 Å². The molecule has 1 rings (SSSR count). The van der Waals surface area contributed by atoms with E-state index < -0.39 is 10.0 Å². The molecule has 0 atom stereocenters. The molecule has 0 aliphatic rings. The minimum absolute atomic E-state index is 0.262. The van der Waals surface area contributed by atoms with E-state index in [1.165, 1.54) is 11.3 Å². The van der Waals surface area contributed by atoms with Gasteiger partial charge in [-0.1, -0.05) is 13.8 Å². The van der Waals surface area contributed by atoms with Gasteiger partial charge in [0.1, 0.15) is 0 Å². The minimum Gasteiger partial charge on any atom is -0.326 e. The van der Waals surface area contributed by atoms with E-state index in [-0.39, 0.29) is 6.54 Å². The largest absolute Gasteiger partial charge is 0.326 e. The molecule has 16 heavy (non-hydrogen) atoms. The van der Waals surface area contributed by atoms with Crippen LogP contribution in [0.2, 0.25) is 0 Å². The van der Waals surface area contributed by atoms with Gasteiger partial charge in [-0.15, -0.1) is 11.3 Å². The molecular weight excluding hydrogens is 244 g/mol. The molecule has 0 unspecified atom stereocenters. The average molecular weight is 262 g/mol. The lowest BCUT2D eigenvalue weighted by atomic mass is 10.1. The molecule has 0 aliphatic heterocycles. The molecule has 1 heterocycles. The summed E-state index contributed by atoms with van der Waals surface area (Å²) in [5.41, 5.74) is 5.49. The maximum Gasteiger partial charge on any atom is 0.241 e. The average Bonchev–Trinajstić information content (AvgIpc) is 2.64. The number of sulfonamides is 1. The molecule has 92 valence electrons. The summed E-state index contributed by atoms with van der Waals surface area (Å²) in [6, 6.07) is 1.60. The van der Waals surface area contributed by atoms with Crippen LogP contribution in [0.1, 0.15) is 25.1 Å². The zero-order chi connectivity index (χ0) is 12.2. The molecule has 1 aromatic rings. The maximum atomic E-state index is 11.9. The number of hydrogen-bond acceptors (Lipinski definition) is 4. The van der Waals surface area contributed by atoms with Crippen molar-refractivity contribution in [1.82, 2.24) is 4.72 Å². The molecule has 0 amide bonds. The van der Waals surface area contributed by atoms with Crippen LogP contribution in [0, 0.1) is 5.92 Å². The lowest BCUT2D eigenvalue weighted by Crippen LogP contribution is -2.26. The topological polar surface area (TPSA) is 72.2 Å². The molecule has 0 saturated carbocycles. The normalized spacial score (nSPS) is 12.2. The summed E-state index contributed by atoms with van der Waals surface area (Å²) in [5, 5.41) is 1.75. The molecule has 3 N–H and O–H groups in total. The summed E-state index contributed by atoms with van der Waals surface area (Å²) in [7, 11) is -3.37. The van der Waals surface area contributed by atoms with Gasteiger partial charge in [-0.3, -0.25) is 0 Å². The zero-order valence-electron chi connectivity index (χ0n) is 9.56. The fourth-order valence-corrected chi connectivity index (χ4v) is 3.66. The van der Waals surface area contributed by atoms with Crippen LogP contribution in [-0.2, 0) is 16.6 Å². The molecule has 0 fully saturated rings. The van der Waals surface area contributed by atoms with Crippen molar-refractivity contribution in [3.8, 4) is 0 Å². The molecule has 0 aromatic carbocycles. The first-order valence-corrected chi connectivity index (χ1v) is 7.59. The van der Waals surface area contributed by atoms with Crippen LogP contribution in [0.3, 0.4) is 0 Å². The second kappa shape index (κ2) is 5.77. The van der Waals surface area contributed by atoms with Crippen LogP contribution in [0.4, 0.5) is 0 Å². The Kier molecular flexibility index (Phi) is 4.91. The molecule has 1 aromatic heterocycles. The second-order valence-corrected chi connectivity index (χ2v) is 6.73. The zero-order valence-corrected chi connectivity index (χ0v) is 11.2. The Balaban J connectivity index is 2.71. The van der Waals surface area contributed by atoms with Gasteiger partial charge in [0.2, 0.25) is 10.0 Å². The lowest BCUT2D eigenvalue weighted by Gasteiger charge is -2.08. The van der Waals surface area contributed by atoms with Crippen molar-refractivity contribution in [3.05, 3.63) is 16.3 Å². The van der Waals surface area contributed by atoms with E-state index in [4.69, 9.17) is 5.73 Å². The smallest absolute Gasteiger partial charge is 0.241 e. The predicted molar refractivity (Wildman–Crippen MR) is 66.9 cm³/mol. The highest BCUT2D eigenvalue weighted by Gasteiger charge is 2.18. The quantitative estimate of drug-likeness (QED) is 0.816. The van der Waals surface area contributed by atoms with Gasteiger partial charge < -0.3 is 5.73 Å². The standard InChI is InChI=1S/C10H18N2O2S2/c1-8(2)3-5-12-16(13,14)10-4-6-15-9(10)7-11/h4,6,8,12H,3,5,7,11H2,1-2H3. The summed E-state index contributed by atoms with van der Waals surface area (Å²) in [4.78, 5) is 1.03. The Morgan fingerprint density at radius 3 is 2.75 bits per heavy atom. The summed E-state index contributed by atoms with van der Waals surface area (Å²) >= 11 is 1.37. The van der Waals surface area contributed by atoms with E-state index in [9.17, 15) is 8.42 Å². The third-order valence-corrected chi connectivity index (χ3v) is 4.81. The van der Waals surface area contributed by atoms with Crippen LogP contribution in [0.25, 0.3) is 0 Å². The molecular formula is C10H18N2O2S2. The van der Waals surface area contributed by atoms with Crippen LogP contribution in [0.5, 0.6) is 0 Å². The van der Waals surface area contributed by atoms with E-state index in [2.05, 4.69) is 18.6 Å². The first kappa shape index (κ1) is 13.6. The van der Waals surface area contributed by atoms with Crippen molar-refractivity contribution in [2.24, 2.45) is 11.7 Å². The fraction of sp³-hybridized carbons (Fsp3) is 0.600. The van der Waals surface area contributed by atoms with Gasteiger partial charge in [0.25, 0.3) is 0 Å². The highest BCUT2D eigenvalue weighted by atomic mass is 32.2. The third-order valence-electron chi connectivity index (χ3n) is 2.19. The van der Waals surface area contributed by atoms with E-state index >= 15 is 0 Å². The van der Waals surface area contributed by atoms with Crippen molar-refractivity contribution in [2.75, 3.05) is 6.54 Å². The lowest BCUT2D eigenvalue weighted by molar-refractivity contribution is 0.551. The fourth-order valence-electron chi connectivity index (χ4n) is 1.28. The summed E-state index contributed by atoms with van der Waals surface area (Å²) < 4.78 is 26.4.